The number of nitrogens with zero attached hydrogens (tertiary/aromatic N) is 11. The smallest absolute Gasteiger partial charge is 0.490 e. The molecule has 3 aliphatic heterocycles. The lowest BCUT2D eigenvalue weighted by Crippen LogP contribution is -2.26. The van der Waals surface area contributed by atoms with Crippen molar-refractivity contribution in [3.8, 4) is 5.88 Å². The second kappa shape index (κ2) is 27.9. The first kappa shape index (κ1) is 72.3. The second-order valence-electron chi connectivity index (χ2n) is 17.6. The number of hydrogen-bond acceptors (Lipinski definition) is 34. The summed E-state index contributed by atoms with van der Waals surface area (Å²) >= 11 is 0. The van der Waals surface area contributed by atoms with E-state index in [9.17, 15) is 70.8 Å². The monoisotopic (exact) mass is 1460 g/mol. The van der Waals surface area contributed by atoms with E-state index in [0.717, 1.165) is 6.33 Å². The maximum Gasteiger partial charge on any atom is 0.490 e. The minimum absolute atomic E-state index is 0.0320. The van der Waals surface area contributed by atoms with Gasteiger partial charge in [0.15, 0.2) is 33.8 Å². The van der Waals surface area contributed by atoms with Gasteiger partial charge in [0.1, 0.15) is 43.0 Å². The zero-order valence-corrected chi connectivity index (χ0v) is 51.5. The number of fused-ring (bicyclic) bond motifs is 3. The predicted octanol–water partition coefficient (Wildman–Crippen LogP) is -0.324. The first-order valence-corrected chi connectivity index (χ1v) is 36.9. The number of aromatic amines is 1. The van der Waals surface area contributed by atoms with Crippen molar-refractivity contribution in [2.45, 2.75) is 75.2 Å². The van der Waals surface area contributed by atoms with Crippen LogP contribution in [-0.2, 0) is 94.7 Å². The molecule has 0 bridgehead atoms. The number of hydrogen-bond donors (Lipinski definition) is 17. The van der Waals surface area contributed by atoms with Gasteiger partial charge in [-0.1, -0.05) is 0 Å². The molecular weight excluding hydrogens is 1410 g/mol. The van der Waals surface area contributed by atoms with Crippen molar-refractivity contribution >= 4 is 116 Å². The molecule has 498 valence electrons. The van der Waals surface area contributed by atoms with Crippen LogP contribution in [0.5, 0.6) is 5.88 Å². The standard InChI is InChI=1S/C10H16N5O12P3.C10H16N5O11P3.C10H15N4O13P3/c11-10-13-8-7(9(16)14-10)12-4-15(8)6-2-1-5(25-6)3-24-29(20,21)27-30(22,23)26-28(17,18)19;11-9-8-10(13-4-12-9)15(5-14-8)7-2-1-6(24-7)3-23-28(19,20)26-29(21,22)25-27(16,17)18;15-5-1-7(14-4-13-8-9(14)11-3-12-10(8)16)25-6(5)2-24-29(20,21)27-30(22,23)26-28(17,18)19/h4-6H,1-3H2,(H,20,21)(H,22,23)(H2,17,18,19)(H3,11,13,14,16);4-7H,1-3H2,(H,19,20)(H,21,22)(H2,11,12,13)(H2,16,17,18);3-7,15H,1-2H2,(H,20,21)(H,22,23)(H,11,12,16)(H2,17,18,19)/t5-,6+;6-,7+;5-,6+,7+/m000/s1. The van der Waals surface area contributed by atoms with Gasteiger partial charge in [-0.25, -0.2) is 71.0 Å². The van der Waals surface area contributed by atoms with Crippen LogP contribution in [-0.4, -0.2) is 172 Å². The molecule has 19 N–H and O–H groups in total. The van der Waals surface area contributed by atoms with Crippen LogP contribution in [0.4, 0.5) is 11.8 Å². The van der Waals surface area contributed by atoms with Crippen LogP contribution < -0.4 is 17.0 Å². The van der Waals surface area contributed by atoms with E-state index >= 15 is 0 Å². The highest BCUT2D eigenvalue weighted by atomic mass is 31.3. The summed E-state index contributed by atoms with van der Waals surface area (Å²) in [5, 5.41) is 19.8. The molecule has 50 nitrogen and oxygen atoms in total. The van der Waals surface area contributed by atoms with E-state index in [4.69, 9.17) is 69.7 Å². The highest BCUT2D eigenvalue weighted by Crippen LogP contribution is 2.68. The molecule has 0 amide bonds. The van der Waals surface area contributed by atoms with Crippen molar-refractivity contribution in [2.24, 2.45) is 0 Å². The Hall–Kier alpha value is -4.08. The summed E-state index contributed by atoms with van der Waals surface area (Å²) in [6.45, 7) is -1.92. The molecule has 9 rings (SSSR count). The summed E-state index contributed by atoms with van der Waals surface area (Å²) in [4.78, 5) is 152. The molecule has 13 atom stereocenters. The molecule has 0 saturated carbocycles. The van der Waals surface area contributed by atoms with Crippen molar-refractivity contribution in [1.82, 2.24) is 58.6 Å². The van der Waals surface area contributed by atoms with Crippen LogP contribution >= 0.6 is 70.4 Å². The van der Waals surface area contributed by atoms with Gasteiger partial charge in [-0.2, -0.15) is 35.8 Å². The van der Waals surface area contributed by atoms with Crippen molar-refractivity contribution < 1.29 is 164 Å². The third-order valence-electron chi connectivity index (χ3n) is 11.0. The zero-order valence-electron chi connectivity index (χ0n) is 43.4. The molecule has 0 aromatic carbocycles. The second-order valence-corrected chi connectivity index (χ2v) is 30.8. The zero-order chi connectivity index (χ0) is 66.1. The molecule has 6 unspecified atom stereocenters. The van der Waals surface area contributed by atoms with E-state index in [0.29, 0.717) is 36.8 Å². The number of aliphatic hydroxyl groups excluding tert-OH is 1. The first-order valence-electron chi connectivity index (χ1n) is 23.4. The Morgan fingerprint density at radius 2 is 0.899 bits per heavy atom. The Morgan fingerprint density at radius 1 is 0.494 bits per heavy atom. The molecule has 3 saturated heterocycles. The largest absolute Gasteiger partial charge is 0.492 e. The Labute approximate surface area is 491 Å². The third-order valence-corrected chi connectivity index (χ3v) is 22.4. The third kappa shape index (κ3) is 21.2. The van der Waals surface area contributed by atoms with E-state index in [1.807, 2.05) is 0 Å². The number of nitrogens with two attached hydrogens (primary N) is 2. The number of phosphoric ester groups is 3. The molecule has 0 spiro atoms. The van der Waals surface area contributed by atoms with Crippen LogP contribution in [0.15, 0.2) is 36.4 Å². The number of anilines is 2. The first-order chi connectivity index (χ1) is 40.9. The maximum absolute atomic E-state index is 11.8. The van der Waals surface area contributed by atoms with E-state index in [1.54, 1.807) is 4.57 Å². The molecule has 89 heavy (non-hydrogen) atoms. The number of aromatic nitrogens is 12. The molecule has 9 heterocycles. The van der Waals surface area contributed by atoms with E-state index in [-0.39, 0.29) is 46.4 Å². The maximum atomic E-state index is 11.8. The summed E-state index contributed by atoms with van der Waals surface area (Å²) in [6.07, 6.45) is 1.82. The molecule has 6 aromatic heterocycles. The van der Waals surface area contributed by atoms with Crippen LogP contribution in [0.25, 0.3) is 33.5 Å². The predicted molar refractivity (Wildman–Crippen MR) is 280 cm³/mol. The van der Waals surface area contributed by atoms with Gasteiger partial charge in [0.2, 0.25) is 11.8 Å². The SMILES string of the molecule is Nc1nc2c(ncn2[C@H]2CC[C@@H](COP(=O)(O)OP(=O)(O)OP(=O)(O)O)O2)c(=O)[nH]1.Nc1ncnc2c1ncn2[C@H]1CC[C@@H](COP(=O)(O)OP(=O)(O)OP(=O)(O)O)O1.O=P(O)(O)OP(=O)(O)OP(=O)(O)OC[C@H]1O[C@@H](n2cnc3c(O)ncnc32)C[C@@H]1O. The van der Waals surface area contributed by atoms with Crippen molar-refractivity contribution in [2.75, 3.05) is 31.3 Å². The van der Waals surface area contributed by atoms with Gasteiger partial charge in [-0.3, -0.25) is 37.1 Å². The van der Waals surface area contributed by atoms with Gasteiger partial charge >= 0.3 is 70.4 Å². The van der Waals surface area contributed by atoms with Gasteiger partial charge in [0, 0.05) is 6.42 Å². The Morgan fingerprint density at radius 3 is 1.37 bits per heavy atom. The topological polar surface area (TPSA) is 750 Å². The molecule has 59 heteroatoms. The van der Waals surface area contributed by atoms with Gasteiger partial charge in [-0.05, 0) is 25.7 Å². The average molecular weight is 1460 g/mol. The van der Waals surface area contributed by atoms with Crippen LogP contribution in [0, 0.1) is 0 Å². The number of rotatable bonds is 24. The number of phosphoric acid groups is 9. The summed E-state index contributed by atoms with van der Waals surface area (Å²) in [5.74, 6) is -0.311. The summed E-state index contributed by atoms with van der Waals surface area (Å²) < 4.78 is 157. The van der Waals surface area contributed by atoms with E-state index < -0.39 is 139 Å². The lowest BCUT2D eigenvalue weighted by molar-refractivity contribution is -0.0423. The lowest BCUT2D eigenvalue weighted by Gasteiger charge is -2.19. The molecule has 0 aliphatic carbocycles. The number of nitrogen functional groups attached to an aromatic ring is 2. The number of imidazole rings is 3. The van der Waals surface area contributed by atoms with E-state index in [2.05, 4.69) is 84.3 Å². The molecule has 3 fully saturated rings. The van der Waals surface area contributed by atoms with E-state index in [1.165, 1.54) is 34.4 Å². The lowest BCUT2D eigenvalue weighted by atomic mass is 10.2. The summed E-state index contributed by atoms with van der Waals surface area (Å²) in [7, 11) is -49.0. The van der Waals surface area contributed by atoms with Crippen molar-refractivity contribution in [3.05, 3.63) is 42.0 Å². The number of aromatic hydroxyl groups is 1. The highest BCUT2D eigenvalue weighted by molar-refractivity contribution is 7.67. The number of H-pyrrole nitrogens is 1. The fraction of sp³-hybridized carbons (Fsp3) is 0.500. The number of nitrogens with one attached hydrogen (secondary N) is 1. The molecule has 3 aliphatic rings. The molecule has 6 aromatic rings. The number of ether oxygens (including phenoxy) is 3. The van der Waals surface area contributed by atoms with Crippen molar-refractivity contribution in [3.63, 3.8) is 0 Å². The molecule has 0 radical (unpaired) electrons. The fourth-order valence-corrected chi connectivity index (χ4v) is 16.9. The van der Waals surface area contributed by atoms with Crippen LogP contribution in [0.1, 0.15) is 50.8 Å². The number of aliphatic hydroxyl groups is 1. The van der Waals surface area contributed by atoms with Gasteiger partial charge in [0.25, 0.3) is 5.56 Å². The van der Waals surface area contributed by atoms with Gasteiger partial charge < -0.3 is 94.6 Å². The van der Waals surface area contributed by atoms with Gasteiger partial charge in [-0.15, -0.1) is 0 Å². The van der Waals surface area contributed by atoms with Crippen LogP contribution in [0.2, 0.25) is 0 Å². The highest BCUT2D eigenvalue weighted by Gasteiger charge is 2.45. The molecular formula is C30H47N14O36P9. The minimum Gasteiger partial charge on any atom is -0.492 e. The average Bonchev–Trinajstić information content (AvgIpc) is 1.91. The quantitative estimate of drug-likeness (QED) is 0.0345. The Kier molecular flexibility index (Phi) is 22.6. The Bertz CT molecular complexity index is 4060. The van der Waals surface area contributed by atoms with Crippen LogP contribution in [0.3, 0.4) is 0 Å². The minimum atomic E-state index is -5.65. The van der Waals surface area contributed by atoms with Crippen molar-refractivity contribution in [1.29, 1.82) is 0 Å². The van der Waals surface area contributed by atoms with Gasteiger partial charge in [0.05, 0.1) is 57.1 Å². The summed E-state index contributed by atoms with van der Waals surface area (Å²) in [5.41, 5.74) is 12.0. The summed E-state index contributed by atoms with van der Waals surface area (Å²) in [6, 6.07) is 0. The Balaban J connectivity index is 0.000000190. The normalized spacial score (nSPS) is 25.0. The fourth-order valence-electron chi connectivity index (χ4n) is 7.78.